The van der Waals surface area contributed by atoms with Crippen molar-refractivity contribution in [2.24, 2.45) is 0 Å². The lowest BCUT2D eigenvalue weighted by Gasteiger charge is -2.14. The lowest BCUT2D eigenvalue weighted by Crippen LogP contribution is -2.00. The normalized spacial score (nSPS) is 12.2. The smallest absolute Gasteiger partial charge is 0.133 e. The first-order valence-corrected chi connectivity index (χ1v) is 8.08. The van der Waals surface area contributed by atoms with Crippen molar-refractivity contribution in [3.63, 3.8) is 0 Å². The van der Waals surface area contributed by atoms with Crippen LogP contribution in [0.4, 0.5) is 4.39 Å². The fourth-order valence-corrected chi connectivity index (χ4v) is 2.85. The first-order valence-electron chi connectivity index (χ1n) is 6.85. The molecule has 0 saturated carbocycles. The molecule has 0 amide bonds. The standard InChI is InChI=1S/C17H17BrClFO/c1-3-8-21-16-7-5-12(10-14(16)18)17(19)13-9-11(2)4-6-15(13)20/h4-7,9-10,17H,3,8H2,1-2H3. The van der Waals surface area contributed by atoms with Gasteiger partial charge in [-0.15, -0.1) is 11.6 Å². The van der Waals surface area contributed by atoms with Gasteiger partial charge in [0, 0.05) is 5.56 Å². The van der Waals surface area contributed by atoms with Crippen LogP contribution in [0.3, 0.4) is 0 Å². The van der Waals surface area contributed by atoms with Crippen LogP contribution in [0.25, 0.3) is 0 Å². The van der Waals surface area contributed by atoms with Gasteiger partial charge in [0.25, 0.3) is 0 Å². The van der Waals surface area contributed by atoms with Crippen LogP contribution in [0, 0.1) is 12.7 Å². The Labute approximate surface area is 138 Å². The summed E-state index contributed by atoms with van der Waals surface area (Å²) < 4.78 is 20.4. The zero-order valence-corrected chi connectivity index (χ0v) is 14.3. The average Bonchev–Trinajstić information content (AvgIpc) is 2.47. The minimum atomic E-state index is -0.526. The Morgan fingerprint density at radius 1 is 1.24 bits per heavy atom. The van der Waals surface area contributed by atoms with E-state index in [1.807, 2.05) is 25.1 Å². The Kier molecular flexibility index (Phi) is 5.65. The van der Waals surface area contributed by atoms with Crippen LogP contribution in [0.1, 0.15) is 35.4 Å². The second-order valence-corrected chi connectivity index (χ2v) is 6.22. The highest BCUT2D eigenvalue weighted by atomic mass is 79.9. The van der Waals surface area contributed by atoms with Crippen molar-refractivity contribution < 1.29 is 9.13 Å². The number of hydrogen-bond acceptors (Lipinski definition) is 1. The average molecular weight is 372 g/mol. The van der Waals surface area contributed by atoms with Gasteiger partial charge in [0.1, 0.15) is 11.6 Å². The van der Waals surface area contributed by atoms with Gasteiger partial charge in [0.05, 0.1) is 16.5 Å². The van der Waals surface area contributed by atoms with E-state index in [1.54, 1.807) is 12.1 Å². The Morgan fingerprint density at radius 2 is 2.00 bits per heavy atom. The van der Waals surface area contributed by atoms with E-state index >= 15 is 0 Å². The van der Waals surface area contributed by atoms with Crippen LogP contribution in [0.5, 0.6) is 5.75 Å². The summed E-state index contributed by atoms with van der Waals surface area (Å²) in [6.07, 6.45) is 0.945. The molecule has 112 valence electrons. The van der Waals surface area contributed by atoms with Gasteiger partial charge in [-0.05, 0) is 53.0 Å². The highest BCUT2D eigenvalue weighted by Crippen LogP contribution is 2.35. The van der Waals surface area contributed by atoms with Gasteiger partial charge in [-0.3, -0.25) is 0 Å². The van der Waals surface area contributed by atoms with Gasteiger partial charge >= 0.3 is 0 Å². The summed E-state index contributed by atoms with van der Waals surface area (Å²) in [6, 6.07) is 10.6. The number of halogens is 3. The van der Waals surface area contributed by atoms with Crippen molar-refractivity contribution in [2.75, 3.05) is 6.61 Å². The van der Waals surface area contributed by atoms with Crippen LogP contribution >= 0.6 is 27.5 Å². The summed E-state index contributed by atoms with van der Waals surface area (Å²) in [7, 11) is 0. The van der Waals surface area contributed by atoms with Crippen LogP contribution in [-0.2, 0) is 0 Å². The molecular weight excluding hydrogens is 355 g/mol. The summed E-state index contributed by atoms with van der Waals surface area (Å²) in [4.78, 5) is 0. The summed E-state index contributed by atoms with van der Waals surface area (Å²) in [5.41, 5.74) is 2.31. The second-order valence-electron chi connectivity index (χ2n) is 4.93. The van der Waals surface area contributed by atoms with Crippen molar-refractivity contribution in [3.8, 4) is 5.75 Å². The molecule has 0 fully saturated rings. The van der Waals surface area contributed by atoms with Gasteiger partial charge in [-0.1, -0.05) is 30.7 Å². The molecule has 0 aliphatic heterocycles. The molecule has 1 unspecified atom stereocenters. The molecule has 1 atom stereocenters. The lowest BCUT2D eigenvalue weighted by molar-refractivity contribution is 0.315. The Morgan fingerprint density at radius 3 is 2.67 bits per heavy atom. The van der Waals surface area contributed by atoms with E-state index in [1.165, 1.54) is 6.07 Å². The maximum Gasteiger partial charge on any atom is 0.133 e. The zero-order chi connectivity index (χ0) is 15.4. The highest BCUT2D eigenvalue weighted by molar-refractivity contribution is 9.10. The molecule has 0 aromatic heterocycles. The van der Waals surface area contributed by atoms with Gasteiger partial charge in [-0.2, -0.15) is 0 Å². The second kappa shape index (κ2) is 7.28. The predicted octanol–water partition coefficient (Wildman–Crippen LogP) is 6.01. The molecular formula is C17H17BrClFO. The lowest BCUT2D eigenvalue weighted by atomic mass is 10.0. The number of alkyl halides is 1. The van der Waals surface area contributed by atoms with Crippen LogP contribution < -0.4 is 4.74 Å². The molecule has 1 nitrogen and oxygen atoms in total. The predicted molar refractivity (Wildman–Crippen MR) is 88.8 cm³/mol. The molecule has 0 heterocycles. The summed E-state index contributed by atoms with van der Waals surface area (Å²) >= 11 is 9.91. The third kappa shape index (κ3) is 3.98. The summed E-state index contributed by atoms with van der Waals surface area (Å²) in [6.45, 7) is 4.64. The molecule has 21 heavy (non-hydrogen) atoms. The maximum atomic E-state index is 13.9. The van der Waals surface area contributed by atoms with Crippen molar-refractivity contribution >= 4 is 27.5 Å². The molecule has 0 bridgehead atoms. The summed E-state index contributed by atoms with van der Waals surface area (Å²) in [5.74, 6) is 0.484. The van der Waals surface area contributed by atoms with E-state index in [-0.39, 0.29) is 5.82 Å². The molecule has 0 N–H and O–H groups in total. The first kappa shape index (κ1) is 16.3. The molecule has 2 aromatic rings. The molecule has 2 aromatic carbocycles. The highest BCUT2D eigenvalue weighted by Gasteiger charge is 2.16. The number of rotatable bonds is 5. The van der Waals surface area contributed by atoms with E-state index in [0.717, 1.165) is 27.8 Å². The molecule has 0 saturated heterocycles. The first-order chi connectivity index (χ1) is 10.0. The van der Waals surface area contributed by atoms with E-state index < -0.39 is 5.38 Å². The van der Waals surface area contributed by atoms with Crippen LogP contribution in [0.15, 0.2) is 40.9 Å². The van der Waals surface area contributed by atoms with E-state index in [0.29, 0.717) is 12.2 Å². The molecule has 0 aliphatic carbocycles. The van der Waals surface area contributed by atoms with E-state index in [2.05, 4.69) is 22.9 Å². The van der Waals surface area contributed by atoms with Gasteiger partial charge < -0.3 is 4.74 Å². The monoisotopic (exact) mass is 370 g/mol. The quantitative estimate of drug-likeness (QED) is 0.584. The van der Waals surface area contributed by atoms with Crippen molar-refractivity contribution in [1.82, 2.24) is 0 Å². The third-order valence-electron chi connectivity index (χ3n) is 3.13. The van der Waals surface area contributed by atoms with E-state index in [4.69, 9.17) is 16.3 Å². The molecule has 4 heteroatoms. The SMILES string of the molecule is CCCOc1ccc(C(Cl)c2cc(C)ccc2F)cc1Br. The van der Waals surface area contributed by atoms with Crippen molar-refractivity contribution in [2.45, 2.75) is 25.6 Å². The fraction of sp³-hybridized carbons (Fsp3) is 0.294. The van der Waals surface area contributed by atoms with Gasteiger partial charge in [0.2, 0.25) is 0 Å². The van der Waals surface area contributed by atoms with Crippen molar-refractivity contribution in [1.29, 1.82) is 0 Å². The Balaban J connectivity index is 2.29. The molecule has 0 aliphatic rings. The van der Waals surface area contributed by atoms with Gasteiger partial charge in [-0.25, -0.2) is 4.39 Å². The number of ether oxygens (including phenoxy) is 1. The van der Waals surface area contributed by atoms with Crippen LogP contribution in [-0.4, -0.2) is 6.61 Å². The molecule has 2 rings (SSSR count). The van der Waals surface area contributed by atoms with E-state index in [9.17, 15) is 4.39 Å². The number of aryl methyl sites for hydroxylation is 1. The zero-order valence-electron chi connectivity index (χ0n) is 12.0. The third-order valence-corrected chi connectivity index (χ3v) is 4.24. The Bertz CT molecular complexity index is 630. The minimum Gasteiger partial charge on any atom is -0.492 e. The van der Waals surface area contributed by atoms with Crippen molar-refractivity contribution in [3.05, 3.63) is 63.4 Å². The Hall–Kier alpha value is -1.06. The topological polar surface area (TPSA) is 9.23 Å². The fourth-order valence-electron chi connectivity index (χ4n) is 2.04. The largest absolute Gasteiger partial charge is 0.492 e. The maximum absolute atomic E-state index is 13.9. The number of hydrogen-bond donors (Lipinski definition) is 0. The number of benzene rings is 2. The van der Waals surface area contributed by atoms with Crippen LogP contribution in [0.2, 0.25) is 0 Å². The minimum absolute atomic E-state index is 0.289. The molecule has 0 spiro atoms. The summed E-state index contributed by atoms with van der Waals surface area (Å²) in [5, 5.41) is -0.526. The molecule has 0 radical (unpaired) electrons. The van der Waals surface area contributed by atoms with Gasteiger partial charge in [0.15, 0.2) is 0 Å².